The normalized spacial score (nSPS) is 26.0. The van der Waals surface area contributed by atoms with Crippen molar-refractivity contribution in [2.24, 2.45) is 17.1 Å². The first-order valence-corrected chi connectivity index (χ1v) is 11.6. The molecule has 3 aliphatic rings. The van der Waals surface area contributed by atoms with Crippen LogP contribution in [0.1, 0.15) is 40.2 Å². The van der Waals surface area contributed by atoms with Crippen LogP contribution in [0.3, 0.4) is 0 Å². The number of benzene rings is 3. The van der Waals surface area contributed by atoms with E-state index in [2.05, 4.69) is 30.3 Å². The molecule has 6 rings (SSSR count). The average molecular weight is 453 g/mol. The van der Waals surface area contributed by atoms with Crippen molar-refractivity contribution in [2.75, 3.05) is 0 Å². The van der Waals surface area contributed by atoms with Gasteiger partial charge in [-0.1, -0.05) is 72.8 Å². The molecular weight excluding hydrogens is 432 g/mol. The second kappa shape index (κ2) is 7.17. The molecule has 0 bridgehead atoms. The lowest BCUT2D eigenvalue weighted by atomic mass is 9.46. The van der Waals surface area contributed by atoms with E-state index >= 15 is 0 Å². The van der Waals surface area contributed by atoms with Gasteiger partial charge in [0.15, 0.2) is 5.78 Å². The maximum atomic E-state index is 14.5. The molecule has 3 unspecified atom stereocenters. The number of rotatable bonds is 1. The molecule has 2 N–H and O–H groups in total. The van der Waals surface area contributed by atoms with Crippen LogP contribution >= 0.6 is 0 Å². The van der Waals surface area contributed by atoms with Gasteiger partial charge in [0.2, 0.25) is 5.41 Å². The summed E-state index contributed by atoms with van der Waals surface area (Å²) in [5, 5.41) is 33.0. The van der Waals surface area contributed by atoms with Gasteiger partial charge in [-0.15, -0.1) is 0 Å². The molecule has 0 amide bonds. The molecule has 3 aliphatic carbocycles. The second-order valence-corrected chi connectivity index (χ2v) is 9.51. The summed E-state index contributed by atoms with van der Waals surface area (Å²) in [6, 6.07) is 27.7. The van der Waals surface area contributed by atoms with E-state index in [-0.39, 0.29) is 23.0 Å². The van der Waals surface area contributed by atoms with Gasteiger partial charge < -0.3 is 5.73 Å². The SMILES string of the molecule is N#CC1=C(N)C(C#N)(C#N)C2(C(=O)c3cccc4cccc2c34)C2CC(c3ccccc3)CC=C12. The summed E-state index contributed by atoms with van der Waals surface area (Å²) in [6.07, 6.45) is 3.20. The minimum Gasteiger partial charge on any atom is -0.399 e. The fourth-order valence-corrected chi connectivity index (χ4v) is 6.78. The fraction of sp³-hybridized carbons (Fsp3) is 0.200. The van der Waals surface area contributed by atoms with Crippen LogP contribution in [0, 0.1) is 45.3 Å². The fourth-order valence-electron chi connectivity index (χ4n) is 6.78. The Kier molecular flexibility index (Phi) is 4.28. The Labute approximate surface area is 203 Å². The van der Waals surface area contributed by atoms with Gasteiger partial charge in [0, 0.05) is 11.5 Å². The van der Waals surface area contributed by atoms with E-state index in [1.807, 2.05) is 54.6 Å². The zero-order valence-corrected chi connectivity index (χ0v) is 18.8. The van der Waals surface area contributed by atoms with E-state index in [0.29, 0.717) is 29.5 Å². The number of nitrogens with zero attached hydrogens (tertiary/aromatic N) is 3. The Morgan fingerprint density at radius 1 is 0.914 bits per heavy atom. The topological polar surface area (TPSA) is 114 Å². The van der Waals surface area contributed by atoms with E-state index < -0.39 is 16.7 Å². The van der Waals surface area contributed by atoms with Crippen molar-refractivity contribution in [3.63, 3.8) is 0 Å². The summed E-state index contributed by atoms with van der Waals surface area (Å²) >= 11 is 0. The lowest BCUT2D eigenvalue weighted by Crippen LogP contribution is -2.59. The molecule has 35 heavy (non-hydrogen) atoms. The third kappa shape index (κ3) is 2.31. The van der Waals surface area contributed by atoms with Crippen molar-refractivity contribution in [3.8, 4) is 18.2 Å². The molecule has 0 saturated carbocycles. The first kappa shape index (κ1) is 20.9. The van der Waals surface area contributed by atoms with Crippen molar-refractivity contribution in [3.05, 3.63) is 106 Å². The van der Waals surface area contributed by atoms with Gasteiger partial charge in [-0.3, -0.25) is 4.79 Å². The monoisotopic (exact) mass is 452 g/mol. The van der Waals surface area contributed by atoms with Crippen LogP contribution in [-0.2, 0) is 5.41 Å². The third-order valence-electron chi connectivity index (χ3n) is 8.24. The summed E-state index contributed by atoms with van der Waals surface area (Å²) < 4.78 is 0. The molecule has 0 saturated heterocycles. The zero-order chi connectivity index (χ0) is 24.4. The molecule has 3 aromatic rings. The number of carbonyl (C=O) groups excluding carboxylic acids is 1. The van der Waals surface area contributed by atoms with Crippen molar-refractivity contribution in [1.29, 1.82) is 15.8 Å². The molecule has 166 valence electrons. The first-order valence-electron chi connectivity index (χ1n) is 11.6. The van der Waals surface area contributed by atoms with Gasteiger partial charge in [0.1, 0.15) is 11.5 Å². The molecular formula is C30H20N4O. The number of ketones is 1. The molecule has 0 fully saturated rings. The molecule has 3 atom stereocenters. The van der Waals surface area contributed by atoms with Gasteiger partial charge in [-0.2, -0.15) is 15.8 Å². The lowest BCUT2D eigenvalue weighted by molar-refractivity contribution is 0.0730. The summed E-state index contributed by atoms with van der Waals surface area (Å²) in [7, 11) is 0. The second-order valence-electron chi connectivity index (χ2n) is 9.51. The van der Waals surface area contributed by atoms with Crippen LogP contribution in [-0.4, -0.2) is 5.78 Å². The quantitative estimate of drug-likeness (QED) is 0.546. The molecule has 0 aliphatic heterocycles. The van der Waals surface area contributed by atoms with E-state index in [1.165, 1.54) is 0 Å². The maximum absolute atomic E-state index is 14.5. The largest absolute Gasteiger partial charge is 0.399 e. The van der Waals surface area contributed by atoms with Crippen LogP contribution < -0.4 is 5.73 Å². The molecule has 3 aromatic carbocycles. The summed E-state index contributed by atoms with van der Waals surface area (Å²) in [4.78, 5) is 14.5. The predicted octanol–water partition coefficient (Wildman–Crippen LogP) is 5.18. The van der Waals surface area contributed by atoms with E-state index in [9.17, 15) is 20.6 Å². The molecule has 5 nitrogen and oxygen atoms in total. The number of allylic oxidation sites excluding steroid dienone is 4. The van der Waals surface area contributed by atoms with Gasteiger partial charge in [0.25, 0.3) is 0 Å². The Morgan fingerprint density at radius 3 is 2.31 bits per heavy atom. The summed E-state index contributed by atoms with van der Waals surface area (Å²) in [5.74, 6) is -0.739. The van der Waals surface area contributed by atoms with Gasteiger partial charge in [-0.25, -0.2) is 0 Å². The highest BCUT2D eigenvalue weighted by Crippen LogP contribution is 2.65. The predicted molar refractivity (Wildman–Crippen MR) is 130 cm³/mol. The van der Waals surface area contributed by atoms with Crippen LogP contribution in [0.15, 0.2) is 89.6 Å². The number of hydrogen-bond donors (Lipinski definition) is 1. The Bertz CT molecular complexity index is 1610. The number of nitriles is 3. The highest BCUT2D eigenvalue weighted by molar-refractivity contribution is 6.22. The lowest BCUT2D eigenvalue weighted by Gasteiger charge is -2.51. The molecule has 0 heterocycles. The zero-order valence-electron chi connectivity index (χ0n) is 18.8. The Hall–Kier alpha value is -4.66. The number of nitrogens with two attached hydrogens (primary N) is 1. The van der Waals surface area contributed by atoms with Crippen LogP contribution in [0.5, 0.6) is 0 Å². The van der Waals surface area contributed by atoms with E-state index in [1.54, 1.807) is 6.07 Å². The minimum absolute atomic E-state index is 0.0758. The van der Waals surface area contributed by atoms with Crippen LogP contribution in [0.4, 0.5) is 0 Å². The van der Waals surface area contributed by atoms with Crippen LogP contribution in [0.2, 0.25) is 0 Å². The summed E-state index contributed by atoms with van der Waals surface area (Å²) in [5.41, 5.74) is 5.99. The highest BCUT2D eigenvalue weighted by Gasteiger charge is 2.71. The maximum Gasteiger partial charge on any atom is 0.201 e. The minimum atomic E-state index is -2.01. The Balaban J connectivity index is 1.73. The molecule has 0 radical (unpaired) electrons. The smallest absolute Gasteiger partial charge is 0.201 e. The first-order chi connectivity index (χ1) is 17.0. The Morgan fingerprint density at radius 2 is 1.63 bits per heavy atom. The van der Waals surface area contributed by atoms with E-state index in [0.717, 1.165) is 16.3 Å². The molecule has 5 heteroatoms. The van der Waals surface area contributed by atoms with Gasteiger partial charge in [0.05, 0.1) is 23.4 Å². The van der Waals surface area contributed by atoms with Crippen molar-refractivity contribution in [2.45, 2.75) is 24.2 Å². The van der Waals surface area contributed by atoms with Gasteiger partial charge in [-0.05, 0) is 46.2 Å². The molecule has 1 spiro atoms. The third-order valence-corrected chi connectivity index (χ3v) is 8.24. The number of Topliss-reactive ketones (excluding diaryl/α,β-unsaturated/α-hetero) is 1. The summed E-state index contributed by atoms with van der Waals surface area (Å²) in [6.45, 7) is 0. The highest BCUT2D eigenvalue weighted by atomic mass is 16.1. The van der Waals surface area contributed by atoms with Gasteiger partial charge >= 0.3 is 0 Å². The number of fused-ring (bicyclic) bond motifs is 3. The van der Waals surface area contributed by atoms with Crippen molar-refractivity contribution in [1.82, 2.24) is 0 Å². The number of carbonyl (C=O) groups is 1. The van der Waals surface area contributed by atoms with Crippen LogP contribution in [0.25, 0.3) is 10.8 Å². The van der Waals surface area contributed by atoms with E-state index in [4.69, 9.17) is 5.73 Å². The molecule has 0 aromatic heterocycles. The van der Waals surface area contributed by atoms with Crippen molar-refractivity contribution < 1.29 is 4.79 Å². The average Bonchev–Trinajstić information content (AvgIpc) is 3.16. The number of hydrogen-bond acceptors (Lipinski definition) is 5. The van der Waals surface area contributed by atoms with Crippen molar-refractivity contribution >= 4 is 16.6 Å². The standard InChI is InChI=1S/C30H20N4O/c31-15-23-21-13-12-20(18-6-2-1-3-7-18)14-25(21)30(29(16-32,17-33)27(23)34)24-11-5-9-19-8-4-10-22(26(19)24)28(30)35/h1-11,13,20,25H,12,14,34H2.